The van der Waals surface area contributed by atoms with Crippen LogP contribution in [0.5, 0.6) is 5.75 Å². The molecule has 0 bridgehead atoms. The fourth-order valence-corrected chi connectivity index (χ4v) is 2.17. The largest absolute Gasteiger partial charge is 0.494 e. The van der Waals surface area contributed by atoms with Crippen LogP contribution in [0, 0.1) is 6.92 Å². The molecule has 1 fully saturated rings. The summed E-state index contributed by atoms with van der Waals surface area (Å²) in [7, 11) is 0. The summed E-state index contributed by atoms with van der Waals surface area (Å²) in [6.45, 7) is 4.95. The van der Waals surface area contributed by atoms with Gasteiger partial charge in [-0.3, -0.25) is 4.79 Å². The summed E-state index contributed by atoms with van der Waals surface area (Å²) in [6.07, 6.45) is 0.0271. The smallest absolute Gasteiger partial charge is 0.241 e. The first-order valence-electron chi connectivity index (χ1n) is 6.56. The van der Waals surface area contributed by atoms with Gasteiger partial charge in [0.25, 0.3) is 0 Å². The Morgan fingerprint density at radius 3 is 2.95 bits per heavy atom. The van der Waals surface area contributed by atoms with Gasteiger partial charge in [0.05, 0.1) is 18.8 Å². The number of hydrogen-bond donors (Lipinski definition) is 3. The van der Waals surface area contributed by atoms with E-state index in [-0.39, 0.29) is 11.9 Å². The molecule has 0 radical (unpaired) electrons. The van der Waals surface area contributed by atoms with E-state index < -0.39 is 6.10 Å². The lowest BCUT2D eigenvalue weighted by Gasteiger charge is -2.14. The maximum atomic E-state index is 12.0. The lowest BCUT2D eigenvalue weighted by atomic mass is 10.1. The molecule has 1 aromatic rings. The molecular weight excluding hydrogens is 244 g/mol. The van der Waals surface area contributed by atoms with Crippen molar-refractivity contribution >= 4 is 11.6 Å². The van der Waals surface area contributed by atoms with E-state index in [0.717, 1.165) is 17.0 Å². The predicted octanol–water partition coefficient (Wildman–Crippen LogP) is 1.06. The number of aliphatic hydroxyl groups is 1. The van der Waals surface area contributed by atoms with E-state index in [1.54, 1.807) is 0 Å². The molecule has 1 saturated heterocycles. The molecule has 1 aromatic carbocycles. The predicted molar refractivity (Wildman–Crippen MR) is 73.4 cm³/mol. The van der Waals surface area contributed by atoms with Gasteiger partial charge in [-0.05, 0) is 44.0 Å². The van der Waals surface area contributed by atoms with Crippen LogP contribution in [-0.4, -0.2) is 36.3 Å². The minimum atomic E-state index is -0.433. The molecule has 2 rings (SSSR count). The Morgan fingerprint density at radius 2 is 2.37 bits per heavy atom. The van der Waals surface area contributed by atoms with Gasteiger partial charge in [0.15, 0.2) is 0 Å². The summed E-state index contributed by atoms with van der Waals surface area (Å²) in [4.78, 5) is 12.0. The van der Waals surface area contributed by atoms with Crippen LogP contribution in [0.1, 0.15) is 18.9 Å². The highest BCUT2D eigenvalue weighted by atomic mass is 16.5. The summed E-state index contributed by atoms with van der Waals surface area (Å²) in [6, 6.07) is 5.25. The molecule has 1 amide bonds. The Balaban J connectivity index is 2.00. The number of ether oxygens (including phenoxy) is 1. The van der Waals surface area contributed by atoms with Gasteiger partial charge in [-0.2, -0.15) is 0 Å². The van der Waals surface area contributed by atoms with Crippen LogP contribution in [0.2, 0.25) is 0 Å². The number of aryl methyl sites for hydroxylation is 1. The van der Waals surface area contributed by atoms with Crippen molar-refractivity contribution in [3.8, 4) is 5.75 Å². The number of aliphatic hydroxyl groups excluding tert-OH is 1. The summed E-state index contributed by atoms with van der Waals surface area (Å²) in [5, 5.41) is 15.3. The molecule has 3 N–H and O–H groups in total. The van der Waals surface area contributed by atoms with E-state index in [9.17, 15) is 9.90 Å². The fourth-order valence-electron chi connectivity index (χ4n) is 2.17. The number of β-amino-alcohol motifs (C(OH)–C–C–N with tert-alkyl or cyclic N) is 1. The van der Waals surface area contributed by atoms with E-state index in [1.165, 1.54) is 0 Å². The number of carbonyl (C=O) groups excluding carboxylic acids is 1. The summed E-state index contributed by atoms with van der Waals surface area (Å²) >= 11 is 0. The third kappa shape index (κ3) is 3.45. The van der Waals surface area contributed by atoms with Crippen molar-refractivity contribution in [2.75, 3.05) is 18.5 Å². The monoisotopic (exact) mass is 264 g/mol. The van der Waals surface area contributed by atoms with Crippen LogP contribution in [0.15, 0.2) is 18.2 Å². The molecular formula is C14H20N2O3. The van der Waals surface area contributed by atoms with E-state index in [4.69, 9.17) is 4.74 Å². The average molecular weight is 264 g/mol. The summed E-state index contributed by atoms with van der Waals surface area (Å²) in [5.74, 6) is 0.691. The van der Waals surface area contributed by atoms with Gasteiger partial charge in [-0.25, -0.2) is 0 Å². The number of hydrogen-bond acceptors (Lipinski definition) is 4. The van der Waals surface area contributed by atoms with Crippen molar-refractivity contribution in [1.29, 1.82) is 0 Å². The van der Waals surface area contributed by atoms with Crippen LogP contribution in [-0.2, 0) is 4.79 Å². The number of carbonyl (C=O) groups is 1. The molecule has 0 unspecified atom stereocenters. The zero-order valence-electron chi connectivity index (χ0n) is 11.3. The minimum absolute atomic E-state index is 0.108. The standard InChI is InChI=1S/C14H20N2O3/c1-3-19-11-4-5-12(9(2)6-11)16-14(18)13-7-10(17)8-15-13/h4-6,10,13,15,17H,3,7-8H2,1-2H3,(H,16,18)/t10-,13-/m1/s1. The number of nitrogens with one attached hydrogen (secondary N) is 2. The Kier molecular flexibility index (Phi) is 4.39. The molecule has 1 aliphatic rings. The first kappa shape index (κ1) is 13.8. The van der Waals surface area contributed by atoms with Crippen molar-refractivity contribution in [2.24, 2.45) is 0 Å². The van der Waals surface area contributed by atoms with Crippen LogP contribution in [0.25, 0.3) is 0 Å². The first-order chi connectivity index (χ1) is 9.10. The van der Waals surface area contributed by atoms with Crippen LogP contribution in [0.4, 0.5) is 5.69 Å². The number of anilines is 1. The highest BCUT2D eigenvalue weighted by Crippen LogP contribution is 2.22. The van der Waals surface area contributed by atoms with E-state index in [2.05, 4.69) is 10.6 Å². The molecule has 104 valence electrons. The number of amides is 1. The Labute approximate surface area is 113 Å². The van der Waals surface area contributed by atoms with Crippen LogP contribution in [0.3, 0.4) is 0 Å². The molecule has 0 aliphatic carbocycles. The SMILES string of the molecule is CCOc1ccc(NC(=O)[C@H]2C[C@@H](O)CN2)c(C)c1. The minimum Gasteiger partial charge on any atom is -0.494 e. The third-order valence-corrected chi connectivity index (χ3v) is 3.19. The lowest BCUT2D eigenvalue weighted by molar-refractivity contribution is -0.117. The molecule has 5 heteroatoms. The zero-order valence-corrected chi connectivity index (χ0v) is 11.3. The van der Waals surface area contributed by atoms with Gasteiger partial charge in [0.1, 0.15) is 5.75 Å². The van der Waals surface area contributed by atoms with E-state index in [0.29, 0.717) is 19.6 Å². The van der Waals surface area contributed by atoms with Gasteiger partial charge in [-0.1, -0.05) is 0 Å². The second kappa shape index (κ2) is 6.04. The molecule has 0 aromatic heterocycles. The maximum absolute atomic E-state index is 12.0. The highest BCUT2D eigenvalue weighted by Gasteiger charge is 2.28. The molecule has 19 heavy (non-hydrogen) atoms. The summed E-state index contributed by atoms with van der Waals surface area (Å²) in [5.41, 5.74) is 1.73. The number of benzene rings is 1. The average Bonchev–Trinajstić information content (AvgIpc) is 2.80. The molecule has 0 spiro atoms. The van der Waals surface area contributed by atoms with Gasteiger partial charge in [0.2, 0.25) is 5.91 Å². The lowest BCUT2D eigenvalue weighted by Crippen LogP contribution is -2.35. The molecule has 1 heterocycles. The van der Waals surface area contributed by atoms with Crippen molar-refractivity contribution < 1.29 is 14.6 Å². The quantitative estimate of drug-likeness (QED) is 0.760. The van der Waals surface area contributed by atoms with E-state index in [1.807, 2.05) is 32.0 Å². The zero-order chi connectivity index (χ0) is 13.8. The van der Waals surface area contributed by atoms with Crippen LogP contribution >= 0.6 is 0 Å². The van der Waals surface area contributed by atoms with Crippen molar-refractivity contribution in [3.63, 3.8) is 0 Å². The van der Waals surface area contributed by atoms with Crippen LogP contribution < -0.4 is 15.4 Å². The maximum Gasteiger partial charge on any atom is 0.241 e. The van der Waals surface area contributed by atoms with Crippen molar-refractivity contribution in [3.05, 3.63) is 23.8 Å². The van der Waals surface area contributed by atoms with Gasteiger partial charge < -0.3 is 20.5 Å². The van der Waals surface area contributed by atoms with Gasteiger partial charge in [-0.15, -0.1) is 0 Å². The second-order valence-corrected chi connectivity index (χ2v) is 4.75. The third-order valence-electron chi connectivity index (χ3n) is 3.19. The van der Waals surface area contributed by atoms with Gasteiger partial charge in [0, 0.05) is 12.2 Å². The first-order valence-corrected chi connectivity index (χ1v) is 6.56. The Morgan fingerprint density at radius 1 is 1.58 bits per heavy atom. The van der Waals surface area contributed by atoms with E-state index >= 15 is 0 Å². The molecule has 0 saturated carbocycles. The Bertz CT molecular complexity index is 462. The fraction of sp³-hybridized carbons (Fsp3) is 0.500. The van der Waals surface area contributed by atoms with Crippen molar-refractivity contribution in [2.45, 2.75) is 32.4 Å². The second-order valence-electron chi connectivity index (χ2n) is 4.75. The highest BCUT2D eigenvalue weighted by molar-refractivity contribution is 5.95. The molecule has 2 atom stereocenters. The summed E-state index contributed by atoms with van der Waals surface area (Å²) < 4.78 is 5.40. The Hall–Kier alpha value is -1.59. The normalized spacial score (nSPS) is 22.3. The molecule has 5 nitrogen and oxygen atoms in total. The van der Waals surface area contributed by atoms with Gasteiger partial charge >= 0.3 is 0 Å². The van der Waals surface area contributed by atoms with Crippen molar-refractivity contribution in [1.82, 2.24) is 5.32 Å². The topological polar surface area (TPSA) is 70.6 Å². The number of rotatable bonds is 4. The molecule has 1 aliphatic heterocycles.